The first-order valence-corrected chi connectivity index (χ1v) is 6.05. The molecule has 1 unspecified atom stereocenters. The summed E-state index contributed by atoms with van der Waals surface area (Å²) in [6.07, 6.45) is 6.82. The highest BCUT2D eigenvalue weighted by Gasteiger charge is 2.51. The van der Waals surface area contributed by atoms with Gasteiger partial charge in [-0.25, -0.2) is 0 Å². The van der Waals surface area contributed by atoms with Crippen LogP contribution in [0.5, 0.6) is 0 Å². The molecule has 4 saturated carbocycles. The van der Waals surface area contributed by atoms with E-state index < -0.39 is 5.50 Å². The molecule has 0 spiro atoms. The number of hydrogen-bond acceptors (Lipinski definition) is 1. The van der Waals surface area contributed by atoms with Crippen LogP contribution in [0.2, 0.25) is 0 Å². The fraction of sp³-hybridized carbons (Fsp3) is 1.00. The Hall–Kier alpha value is 0.0249. The second kappa shape index (κ2) is 2.78. The predicted molar refractivity (Wildman–Crippen MR) is 56.9 cm³/mol. The van der Waals surface area contributed by atoms with Crippen LogP contribution in [0.4, 0.5) is 0 Å². The lowest BCUT2D eigenvalue weighted by Gasteiger charge is -2.57. The van der Waals surface area contributed by atoms with Gasteiger partial charge < -0.3 is 5.11 Å². The summed E-state index contributed by atoms with van der Waals surface area (Å²) >= 11 is 0. The Morgan fingerprint density at radius 1 is 1.00 bits per heavy atom. The second-order valence-electron chi connectivity index (χ2n) is 6.18. The van der Waals surface area contributed by atoms with E-state index in [4.69, 9.17) is 7.85 Å². The first kappa shape index (κ1) is 9.27. The van der Waals surface area contributed by atoms with Gasteiger partial charge in [-0.1, -0.05) is 0 Å². The molecule has 0 aromatic heterocycles. The van der Waals surface area contributed by atoms with Crippen LogP contribution in [-0.2, 0) is 0 Å². The van der Waals surface area contributed by atoms with Gasteiger partial charge in [0.2, 0.25) is 0 Å². The molecule has 0 aliphatic heterocycles. The van der Waals surface area contributed by atoms with Crippen molar-refractivity contribution in [3.8, 4) is 0 Å². The van der Waals surface area contributed by atoms with Gasteiger partial charge in [-0.05, 0) is 68.6 Å². The molecule has 76 valence electrons. The molecule has 4 aliphatic rings. The minimum atomic E-state index is -0.928. The molecule has 0 saturated heterocycles. The maximum Gasteiger partial charge on any atom is 0.113 e. The lowest BCUT2D eigenvalue weighted by atomic mass is 9.46. The standard InChI is InChI=1S/C12H19BO/c1-12(13,14)11-9-3-7-2-8(5-9)6-10(11)4-7/h7-11,14H,2-6H2,1H3. The van der Waals surface area contributed by atoms with E-state index in [2.05, 4.69) is 0 Å². The molecular formula is C12H19BO. The Labute approximate surface area is 87.7 Å². The van der Waals surface area contributed by atoms with Crippen LogP contribution in [0.15, 0.2) is 0 Å². The van der Waals surface area contributed by atoms with E-state index >= 15 is 0 Å². The van der Waals surface area contributed by atoms with Crippen LogP contribution in [-0.4, -0.2) is 18.5 Å². The Bertz CT molecular complexity index is 215. The summed E-state index contributed by atoms with van der Waals surface area (Å²) < 4.78 is 0. The molecule has 14 heavy (non-hydrogen) atoms. The van der Waals surface area contributed by atoms with Gasteiger partial charge >= 0.3 is 0 Å². The van der Waals surface area contributed by atoms with Crippen LogP contribution in [0.3, 0.4) is 0 Å². The van der Waals surface area contributed by atoms with Gasteiger partial charge in [0.1, 0.15) is 7.85 Å². The Morgan fingerprint density at radius 3 is 1.79 bits per heavy atom. The summed E-state index contributed by atoms with van der Waals surface area (Å²) in [4.78, 5) is 0. The van der Waals surface area contributed by atoms with Crippen LogP contribution < -0.4 is 0 Å². The minimum absolute atomic E-state index is 0.385. The van der Waals surface area contributed by atoms with Gasteiger partial charge in [0.05, 0.1) is 0 Å². The van der Waals surface area contributed by atoms with E-state index in [-0.39, 0.29) is 0 Å². The van der Waals surface area contributed by atoms with Crippen molar-refractivity contribution in [2.24, 2.45) is 29.6 Å². The maximum absolute atomic E-state index is 10.0. The van der Waals surface area contributed by atoms with E-state index in [1.165, 1.54) is 32.1 Å². The monoisotopic (exact) mass is 190 g/mol. The van der Waals surface area contributed by atoms with Gasteiger partial charge in [0.25, 0.3) is 0 Å². The number of aliphatic hydroxyl groups is 1. The third kappa shape index (κ3) is 1.26. The van der Waals surface area contributed by atoms with Crippen molar-refractivity contribution < 1.29 is 5.11 Å². The van der Waals surface area contributed by atoms with Crippen molar-refractivity contribution >= 4 is 7.85 Å². The molecule has 4 fully saturated rings. The maximum atomic E-state index is 10.0. The molecular weight excluding hydrogens is 171 g/mol. The Morgan fingerprint density at radius 2 is 1.43 bits per heavy atom. The van der Waals surface area contributed by atoms with Gasteiger partial charge in [-0.3, -0.25) is 0 Å². The van der Waals surface area contributed by atoms with Crippen LogP contribution in [0.1, 0.15) is 39.0 Å². The second-order valence-corrected chi connectivity index (χ2v) is 6.18. The normalized spacial score (nSPS) is 54.6. The highest BCUT2D eigenvalue weighted by Crippen LogP contribution is 2.58. The van der Waals surface area contributed by atoms with Crippen molar-refractivity contribution in [2.45, 2.75) is 44.5 Å². The topological polar surface area (TPSA) is 20.2 Å². The van der Waals surface area contributed by atoms with Crippen molar-refractivity contribution in [3.05, 3.63) is 0 Å². The zero-order valence-electron chi connectivity index (χ0n) is 8.95. The van der Waals surface area contributed by atoms with Crippen LogP contribution in [0.25, 0.3) is 0 Å². The first-order chi connectivity index (χ1) is 6.54. The summed E-state index contributed by atoms with van der Waals surface area (Å²) in [5.41, 5.74) is -0.928. The van der Waals surface area contributed by atoms with Crippen molar-refractivity contribution in [3.63, 3.8) is 0 Å². The Balaban J connectivity index is 1.88. The van der Waals surface area contributed by atoms with E-state index in [9.17, 15) is 5.11 Å². The molecule has 0 aromatic rings. The molecule has 2 radical (unpaired) electrons. The lowest BCUT2D eigenvalue weighted by Crippen LogP contribution is -2.54. The Kier molecular flexibility index (Phi) is 1.84. The van der Waals surface area contributed by atoms with E-state index in [1.54, 1.807) is 6.92 Å². The zero-order valence-corrected chi connectivity index (χ0v) is 8.95. The minimum Gasteiger partial charge on any atom is -0.400 e. The fourth-order valence-electron chi connectivity index (χ4n) is 4.88. The number of rotatable bonds is 1. The smallest absolute Gasteiger partial charge is 0.113 e. The molecule has 0 amide bonds. The molecule has 4 rings (SSSR count). The van der Waals surface area contributed by atoms with Crippen molar-refractivity contribution in [1.29, 1.82) is 0 Å². The molecule has 1 N–H and O–H groups in total. The SMILES string of the molecule is [B]C(C)(O)C1C2CC3CC(C2)CC1C3. The van der Waals surface area contributed by atoms with E-state index in [0.717, 1.165) is 23.7 Å². The van der Waals surface area contributed by atoms with Gasteiger partial charge in [0.15, 0.2) is 0 Å². The van der Waals surface area contributed by atoms with Gasteiger partial charge in [-0.15, -0.1) is 0 Å². The largest absolute Gasteiger partial charge is 0.400 e. The molecule has 2 heteroatoms. The quantitative estimate of drug-likeness (QED) is 0.626. The van der Waals surface area contributed by atoms with Crippen LogP contribution in [0, 0.1) is 29.6 Å². The van der Waals surface area contributed by atoms with E-state index in [1.807, 2.05) is 0 Å². The zero-order chi connectivity index (χ0) is 9.92. The summed E-state index contributed by atoms with van der Waals surface area (Å²) in [7, 11) is 5.92. The highest BCUT2D eigenvalue weighted by molar-refractivity contribution is 6.14. The molecule has 1 nitrogen and oxygen atoms in total. The third-order valence-corrected chi connectivity index (χ3v) is 4.90. The molecule has 4 bridgehead atoms. The third-order valence-electron chi connectivity index (χ3n) is 4.90. The average molecular weight is 190 g/mol. The summed E-state index contributed by atoms with van der Waals surface area (Å²) in [6.45, 7) is 1.81. The van der Waals surface area contributed by atoms with Crippen molar-refractivity contribution in [2.75, 3.05) is 0 Å². The van der Waals surface area contributed by atoms with Gasteiger partial charge in [0, 0.05) is 5.50 Å². The molecule has 0 aromatic carbocycles. The van der Waals surface area contributed by atoms with Gasteiger partial charge in [-0.2, -0.15) is 0 Å². The van der Waals surface area contributed by atoms with Crippen LogP contribution >= 0.6 is 0 Å². The summed E-state index contributed by atoms with van der Waals surface area (Å²) in [5.74, 6) is 3.78. The first-order valence-electron chi connectivity index (χ1n) is 6.05. The summed E-state index contributed by atoms with van der Waals surface area (Å²) in [5, 5.41) is 10.0. The summed E-state index contributed by atoms with van der Waals surface area (Å²) in [6, 6.07) is 0. The molecule has 4 aliphatic carbocycles. The number of hydrogen-bond donors (Lipinski definition) is 1. The van der Waals surface area contributed by atoms with Crippen molar-refractivity contribution in [1.82, 2.24) is 0 Å². The molecule has 0 heterocycles. The molecule has 1 atom stereocenters. The lowest BCUT2D eigenvalue weighted by molar-refractivity contribution is -0.100. The van der Waals surface area contributed by atoms with E-state index in [0.29, 0.717) is 5.92 Å². The highest BCUT2D eigenvalue weighted by atomic mass is 16.3. The fourth-order valence-corrected chi connectivity index (χ4v) is 4.88. The average Bonchev–Trinajstić information content (AvgIpc) is 1.97. The predicted octanol–water partition coefficient (Wildman–Crippen LogP) is 1.94.